The number of rotatable bonds is 44. The van der Waals surface area contributed by atoms with E-state index in [-0.39, 0.29) is 32.7 Å². The molecule has 0 radical (unpaired) electrons. The molecule has 0 saturated heterocycles. The zero-order valence-corrected chi connectivity index (χ0v) is 44.2. The smallest absolute Gasteiger partial charge is 0.407 e. The van der Waals surface area contributed by atoms with Crippen LogP contribution in [0.25, 0.3) is 0 Å². The topological polar surface area (TPSA) is 330 Å². The van der Waals surface area contributed by atoms with Crippen LogP contribution in [0.1, 0.15) is 77.0 Å². The maximum absolute atomic E-state index is 13.7. The first kappa shape index (κ1) is 67.7. The maximum Gasteiger partial charge on any atom is 0.407 e. The third-order valence-corrected chi connectivity index (χ3v) is 11.2. The van der Waals surface area contributed by atoms with E-state index in [0.29, 0.717) is 83.6 Å². The fraction of sp³-hybridized carbons (Fsp3) is 0.538. The largest absolute Gasteiger partial charge is 0.462 e. The number of esters is 6. The Labute approximate surface area is 451 Å². The number of amides is 3. The zero-order chi connectivity index (χ0) is 58.2. The molecular weight excluding hydrogens is 1030 g/mol. The highest BCUT2D eigenvalue weighted by atomic mass is 16.6. The predicted molar refractivity (Wildman–Crippen MR) is 279 cm³/mol. The van der Waals surface area contributed by atoms with Crippen LogP contribution in [0.3, 0.4) is 0 Å². The van der Waals surface area contributed by atoms with Crippen molar-refractivity contribution in [3.05, 3.63) is 107 Å². The van der Waals surface area contributed by atoms with Gasteiger partial charge < -0.3 is 53.8 Å². The van der Waals surface area contributed by atoms with Gasteiger partial charge in [-0.1, -0.05) is 78.0 Å². The Balaban J connectivity index is 2.96. The van der Waals surface area contributed by atoms with Gasteiger partial charge in [0, 0.05) is 75.7 Å². The first-order valence-corrected chi connectivity index (χ1v) is 25.1. The molecule has 0 bridgehead atoms. The van der Waals surface area contributed by atoms with E-state index in [0.717, 1.165) is 56.6 Å². The number of carbonyl (C=O) groups is 9. The highest BCUT2D eigenvalue weighted by Crippen LogP contribution is 2.23. The average Bonchev–Trinajstić information content (AvgIpc) is 3.44. The van der Waals surface area contributed by atoms with Crippen molar-refractivity contribution in [2.75, 3.05) is 72.5 Å². The van der Waals surface area contributed by atoms with Gasteiger partial charge in [-0.05, 0) is 38.5 Å². The fourth-order valence-corrected chi connectivity index (χ4v) is 6.78. The minimum atomic E-state index is -1.52. The highest BCUT2D eigenvalue weighted by Gasteiger charge is 2.39. The minimum absolute atomic E-state index is 0.00104. The van der Waals surface area contributed by atoms with E-state index in [4.69, 9.17) is 37.9 Å². The van der Waals surface area contributed by atoms with Crippen LogP contribution in [0.15, 0.2) is 90.3 Å². The summed E-state index contributed by atoms with van der Waals surface area (Å²) >= 11 is 0. The van der Waals surface area contributed by atoms with E-state index in [9.17, 15) is 57.5 Å². The summed E-state index contributed by atoms with van der Waals surface area (Å²) < 4.78 is 44.6. The van der Waals surface area contributed by atoms with Gasteiger partial charge in [-0.25, -0.2) is 66.4 Å². The Kier molecular flexibility index (Phi) is 33.9. The molecular formula is C52H74N6O20. The van der Waals surface area contributed by atoms with Crippen molar-refractivity contribution in [2.24, 2.45) is 10.8 Å². The van der Waals surface area contributed by atoms with Gasteiger partial charge in [0.25, 0.3) is 0 Å². The zero-order valence-electron chi connectivity index (χ0n) is 44.2. The van der Waals surface area contributed by atoms with Crippen LogP contribution in [-0.2, 0) is 91.1 Å². The number of carbonyl (C=O) groups excluding carboxylic acids is 9. The molecule has 432 valence electrons. The SMILES string of the molecule is C=CC(=O)OCC(COC(=O)C=C)(COC(=O)C=C)COC(=O)NCCCCCCn1c(=O)n(CCCCCCNC=O)c(=O)n(CCCCCCNC(=O)OCC(COC(=O)C=C)(COC(=O)C=C)COC(=O)C=C)c1=O. The maximum atomic E-state index is 13.7. The average molecular weight is 1100 g/mol. The molecule has 78 heavy (non-hydrogen) atoms. The molecule has 0 spiro atoms. The monoisotopic (exact) mass is 1100 g/mol. The van der Waals surface area contributed by atoms with Crippen molar-refractivity contribution in [3.8, 4) is 0 Å². The molecule has 0 atom stereocenters. The second-order valence-corrected chi connectivity index (χ2v) is 17.5. The van der Waals surface area contributed by atoms with E-state index < -0.39 is 129 Å². The third-order valence-electron chi connectivity index (χ3n) is 11.2. The molecule has 0 unspecified atom stereocenters. The van der Waals surface area contributed by atoms with Crippen LogP contribution in [-0.4, -0.2) is 141 Å². The van der Waals surface area contributed by atoms with Crippen LogP contribution in [0.5, 0.6) is 0 Å². The number of alkyl carbamates (subject to hydrolysis) is 2. The number of nitrogens with one attached hydrogen (secondary N) is 3. The fourth-order valence-electron chi connectivity index (χ4n) is 6.78. The summed E-state index contributed by atoms with van der Waals surface area (Å²) in [5.74, 6) is -5.04. The van der Waals surface area contributed by atoms with Crippen LogP contribution in [0.2, 0.25) is 0 Å². The van der Waals surface area contributed by atoms with Crippen molar-refractivity contribution in [1.29, 1.82) is 0 Å². The lowest BCUT2D eigenvalue weighted by Gasteiger charge is -2.31. The summed E-state index contributed by atoms with van der Waals surface area (Å²) in [6, 6.07) is 0. The lowest BCUT2D eigenvalue weighted by molar-refractivity contribution is -0.161. The summed E-state index contributed by atoms with van der Waals surface area (Å²) in [6.07, 6.45) is 10.4. The molecule has 0 aliphatic rings. The summed E-state index contributed by atoms with van der Waals surface area (Å²) in [5, 5.41) is 7.74. The van der Waals surface area contributed by atoms with Gasteiger partial charge in [-0.3, -0.25) is 4.79 Å². The summed E-state index contributed by atoms with van der Waals surface area (Å²) in [4.78, 5) is 148. The van der Waals surface area contributed by atoms with Gasteiger partial charge in [-0.15, -0.1) is 0 Å². The van der Waals surface area contributed by atoms with Crippen LogP contribution < -0.4 is 33.0 Å². The number of aromatic nitrogens is 3. The second-order valence-electron chi connectivity index (χ2n) is 17.5. The van der Waals surface area contributed by atoms with E-state index in [2.05, 4.69) is 55.4 Å². The first-order valence-electron chi connectivity index (χ1n) is 25.1. The molecule has 1 aromatic rings. The molecule has 26 nitrogen and oxygen atoms in total. The number of ether oxygens (including phenoxy) is 8. The van der Waals surface area contributed by atoms with Gasteiger partial charge in [0.2, 0.25) is 6.41 Å². The Bertz CT molecular complexity index is 2140. The molecule has 0 aliphatic carbocycles. The van der Waals surface area contributed by atoms with Crippen molar-refractivity contribution in [3.63, 3.8) is 0 Å². The molecule has 0 fully saturated rings. The predicted octanol–water partition coefficient (Wildman–Crippen LogP) is 2.40. The van der Waals surface area contributed by atoms with Gasteiger partial charge in [0.1, 0.15) is 63.7 Å². The Hall–Kier alpha value is -8.32. The minimum Gasteiger partial charge on any atom is -0.462 e. The molecule has 1 aromatic heterocycles. The summed E-state index contributed by atoms with van der Waals surface area (Å²) in [5.41, 5.74) is -5.30. The molecule has 26 heteroatoms. The molecule has 0 saturated carbocycles. The van der Waals surface area contributed by atoms with Gasteiger partial charge in [-0.2, -0.15) is 0 Å². The van der Waals surface area contributed by atoms with E-state index in [1.54, 1.807) is 0 Å². The standard InChI is InChI=1S/C52H74N6O20/c1-7-40(60)71-31-51(32-72-41(61)8-2,33-73-42(62)9-3)37-77-46(66)54-26-20-14-17-23-29-57-48(68)56(28-22-16-13-19-25-53-39-59)49(69)58(50(57)70)30-24-18-15-21-27-55-47(67)78-38-52(34-74-43(63)10-4,35-75-44(64)11-5)36-76-45(65)12-6/h7-12,39H,1-6,13-38H2,(H,53,59)(H,54,66)(H,55,67). The summed E-state index contributed by atoms with van der Waals surface area (Å²) in [6.45, 7) is 16.7. The lowest BCUT2D eigenvalue weighted by Crippen LogP contribution is -2.54. The molecule has 1 rings (SSSR count). The first-order chi connectivity index (χ1) is 37.4. The Morgan fingerprint density at radius 3 is 0.833 bits per heavy atom. The Morgan fingerprint density at radius 2 is 0.590 bits per heavy atom. The van der Waals surface area contributed by atoms with Crippen LogP contribution in [0, 0.1) is 10.8 Å². The highest BCUT2D eigenvalue weighted by molar-refractivity contribution is 5.83. The molecule has 3 amide bonds. The van der Waals surface area contributed by atoms with E-state index in [1.165, 1.54) is 0 Å². The number of hydrogen-bond donors (Lipinski definition) is 3. The van der Waals surface area contributed by atoms with Crippen molar-refractivity contribution >= 4 is 54.4 Å². The quantitative estimate of drug-likeness (QED) is 0.0278. The molecule has 1 heterocycles. The lowest BCUT2D eigenvalue weighted by atomic mass is 9.92. The van der Waals surface area contributed by atoms with Crippen molar-refractivity contribution in [2.45, 2.75) is 96.7 Å². The van der Waals surface area contributed by atoms with Crippen LogP contribution in [0.4, 0.5) is 9.59 Å². The molecule has 0 aliphatic heterocycles. The summed E-state index contributed by atoms with van der Waals surface area (Å²) in [7, 11) is 0. The van der Waals surface area contributed by atoms with Crippen molar-refractivity contribution < 1.29 is 81.0 Å². The van der Waals surface area contributed by atoms with Gasteiger partial charge in [0.15, 0.2) is 0 Å². The van der Waals surface area contributed by atoms with Crippen molar-refractivity contribution in [1.82, 2.24) is 29.7 Å². The van der Waals surface area contributed by atoms with Gasteiger partial charge in [0.05, 0.1) is 0 Å². The third kappa shape index (κ3) is 27.5. The number of nitrogens with zero attached hydrogens (tertiary/aromatic N) is 3. The van der Waals surface area contributed by atoms with Crippen LogP contribution >= 0.6 is 0 Å². The second kappa shape index (κ2) is 39.1. The molecule has 3 N–H and O–H groups in total. The normalized spacial score (nSPS) is 10.8. The van der Waals surface area contributed by atoms with Gasteiger partial charge >= 0.3 is 65.1 Å². The van der Waals surface area contributed by atoms with E-state index >= 15 is 0 Å². The van der Waals surface area contributed by atoms with E-state index in [1.807, 2.05) is 0 Å². The number of unbranched alkanes of at least 4 members (excludes halogenated alkanes) is 9. The molecule has 0 aromatic carbocycles. The Morgan fingerprint density at radius 1 is 0.359 bits per heavy atom. The number of hydrogen-bond acceptors (Lipinski definition) is 20.